The van der Waals surface area contributed by atoms with Gasteiger partial charge in [0.1, 0.15) is 10.7 Å². The van der Waals surface area contributed by atoms with Crippen molar-refractivity contribution in [1.29, 1.82) is 0 Å². The number of ketones is 1. The first-order chi connectivity index (χ1) is 11.6. The van der Waals surface area contributed by atoms with E-state index in [-0.39, 0.29) is 11.6 Å². The third-order valence-electron chi connectivity index (χ3n) is 3.87. The van der Waals surface area contributed by atoms with Crippen molar-refractivity contribution in [2.24, 2.45) is 0 Å². The number of carbonyl (C=O) groups excluding carboxylic acids is 1. The maximum atomic E-state index is 12.6. The number of nitrogens with zero attached hydrogens (tertiary/aromatic N) is 1. The lowest BCUT2D eigenvalue weighted by molar-refractivity contribution is 0.104. The number of nitrogens with one attached hydrogen (secondary N) is 1. The van der Waals surface area contributed by atoms with Crippen LogP contribution in [0.2, 0.25) is 0 Å². The highest BCUT2D eigenvalue weighted by Crippen LogP contribution is 2.32. The van der Waals surface area contributed by atoms with Crippen LogP contribution < -0.4 is 11.1 Å². The van der Waals surface area contributed by atoms with E-state index < -0.39 is 0 Å². The lowest BCUT2D eigenvalue weighted by Crippen LogP contribution is -2.02. The van der Waals surface area contributed by atoms with Crippen molar-refractivity contribution in [2.45, 2.75) is 20.3 Å². The Kier molecular flexibility index (Phi) is 4.62. The summed E-state index contributed by atoms with van der Waals surface area (Å²) in [6.07, 6.45) is 0.917. The molecule has 5 heteroatoms. The molecule has 0 amide bonds. The van der Waals surface area contributed by atoms with Crippen molar-refractivity contribution in [3.05, 3.63) is 70.1 Å². The molecule has 0 bridgehead atoms. The molecule has 0 aliphatic carbocycles. The smallest absolute Gasteiger partial charge is 0.206 e. The Bertz CT molecular complexity index is 872. The molecule has 0 atom stereocenters. The monoisotopic (exact) mass is 337 g/mol. The maximum Gasteiger partial charge on any atom is 0.206 e. The van der Waals surface area contributed by atoms with Gasteiger partial charge in [0.05, 0.1) is 0 Å². The van der Waals surface area contributed by atoms with E-state index in [1.54, 1.807) is 12.1 Å². The highest BCUT2D eigenvalue weighted by molar-refractivity contribution is 7.18. The Labute approximate surface area is 145 Å². The molecule has 0 saturated carbocycles. The van der Waals surface area contributed by atoms with Gasteiger partial charge in [-0.1, -0.05) is 66.8 Å². The highest BCUT2D eigenvalue weighted by atomic mass is 32.1. The largest absolute Gasteiger partial charge is 0.382 e. The predicted octanol–water partition coefficient (Wildman–Crippen LogP) is 4.57. The van der Waals surface area contributed by atoms with E-state index in [4.69, 9.17) is 5.73 Å². The van der Waals surface area contributed by atoms with Crippen LogP contribution in [-0.2, 0) is 6.42 Å². The molecule has 24 heavy (non-hydrogen) atoms. The van der Waals surface area contributed by atoms with E-state index in [0.29, 0.717) is 15.6 Å². The fraction of sp³-hybridized carbons (Fsp3) is 0.158. The number of aromatic nitrogens is 1. The van der Waals surface area contributed by atoms with E-state index >= 15 is 0 Å². The standard InChI is InChI=1S/C19H19N3OS/c1-3-13-11-7-8-12(2)15(13)21-19-22-18(20)17(24-19)16(23)14-9-5-4-6-10-14/h4-11H,3,20H2,1-2H3,(H,21,22). The third-order valence-corrected chi connectivity index (χ3v) is 4.85. The van der Waals surface area contributed by atoms with Crippen LogP contribution in [-0.4, -0.2) is 10.8 Å². The average molecular weight is 337 g/mol. The van der Waals surface area contributed by atoms with E-state index in [9.17, 15) is 4.79 Å². The van der Waals surface area contributed by atoms with E-state index in [1.165, 1.54) is 16.9 Å². The molecule has 3 rings (SSSR count). The first kappa shape index (κ1) is 16.2. The van der Waals surface area contributed by atoms with Crippen molar-refractivity contribution in [3.8, 4) is 0 Å². The summed E-state index contributed by atoms with van der Waals surface area (Å²) >= 11 is 1.29. The second-order valence-electron chi connectivity index (χ2n) is 5.52. The van der Waals surface area contributed by atoms with E-state index in [1.807, 2.05) is 24.3 Å². The summed E-state index contributed by atoms with van der Waals surface area (Å²) in [5.41, 5.74) is 9.98. The van der Waals surface area contributed by atoms with Crippen molar-refractivity contribution in [2.75, 3.05) is 11.1 Å². The Balaban J connectivity index is 1.92. The van der Waals surface area contributed by atoms with Gasteiger partial charge < -0.3 is 11.1 Å². The molecule has 0 unspecified atom stereocenters. The van der Waals surface area contributed by atoms with Gasteiger partial charge in [-0.25, -0.2) is 4.98 Å². The van der Waals surface area contributed by atoms with Gasteiger partial charge in [-0.05, 0) is 24.5 Å². The van der Waals surface area contributed by atoms with E-state index in [2.05, 4.69) is 36.3 Å². The number of anilines is 3. The van der Waals surface area contributed by atoms with E-state index in [0.717, 1.165) is 17.7 Å². The second-order valence-corrected chi connectivity index (χ2v) is 6.52. The number of nitrogens with two attached hydrogens (primary N) is 1. The number of carbonyl (C=O) groups is 1. The van der Waals surface area contributed by atoms with Crippen LogP contribution in [0.25, 0.3) is 0 Å². The normalized spacial score (nSPS) is 10.6. The minimum Gasteiger partial charge on any atom is -0.382 e. The topological polar surface area (TPSA) is 68.0 Å². The lowest BCUT2D eigenvalue weighted by Gasteiger charge is -2.11. The van der Waals surface area contributed by atoms with Crippen molar-refractivity contribution < 1.29 is 4.79 Å². The van der Waals surface area contributed by atoms with Crippen molar-refractivity contribution >= 4 is 33.8 Å². The number of hydrogen-bond donors (Lipinski definition) is 2. The fourth-order valence-corrected chi connectivity index (χ4v) is 3.43. The van der Waals surface area contributed by atoms with Gasteiger partial charge in [0, 0.05) is 11.3 Å². The molecule has 0 spiro atoms. The van der Waals surface area contributed by atoms with Crippen LogP contribution in [0.5, 0.6) is 0 Å². The first-order valence-electron chi connectivity index (χ1n) is 7.81. The van der Waals surface area contributed by atoms with Crippen LogP contribution in [0, 0.1) is 6.92 Å². The number of para-hydroxylation sites is 1. The SMILES string of the molecule is CCc1cccc(C)c1Nc1nc(N)c(C(=O)c2ccccc2)s1. The lowest BCUT2D eigenvalue weighted by atomic mass is 10.1. The molecule has 3 N–H and O–H groups in total. The fourth-order valence-electron chi connectivity index (χ4n) is 2.58. The summed E-state index contributed by atoms with van der Waals surface area (Å²) in [6.45, 7) is 4.16. The second kappa shape index (κ2) is 6.84. The molecule has 122 valence electrons. The van der Waals surface area contributed by atoms with Gasteiger partial charge in [-0.3, -0.25) is 4.79 Å². The van der Waals surface area contributed by atoms with Crippen molar-refractivity contribution in [3.63, 3.8) is 0 Å². The summed E-state index contributed by atoms with van der Waals surface area (Å²) in [6, 6.07) is 15.3. The summed E-state index contributed by atoms with van der Waals surface area (Å²) in [7, 11) is 0. The maximum absolute atomic E-state index is 12.6. The van der Waals surface area contributed by atoms with Gasteiger partial charge in [0.2, 0.25) is 5.78 Å². The Morgan fingerprint density at radius 2 is 1.92 bits per heavy atom. The molecule has 0 aliphatic heterocycles. The van der Waals surface area contributed by atoms with Gasteiger partial charge in [0.25, 0.3) is 0 Å². The molecule has 1 aromatic heterocycles. The third kappa shape index (κ3) is 3.16. The number of aryl methyl sites for hydroxylation is 2. The number of thiazole rings is 1. The number of hydrogen-bond acceptors (Lipinski definition) is 5. The van der Waals surface area contributed by atoms with Crippen LogP contribution in [0.1, 0.15) is 33.3 Å². The zero-order chi connectivity index (χ0) is 17.1. The molecule has 1 heterocycles. The van der Waals surface area contributed by atoms with Gasteiger partial charge in [0.15, 0.2) is 5.13 Å². The summed E-state index contributed by atoms with van der Waals surface area (Å²) in [5.74, 6) is 0.169. The number of nitrogen functional groups attached to an aromatic ring is 1. The molecular weight excluding hydrogens is 318 g/mol. The molecular formula is C19H19N3OS. The van der Waals surface area contributed by atoms with Crippen LogP contribution in [0.3, 0.4) is 0 Å². The Morgan fingerprint density at radius 1 is 1.17 bits per heavy atom. The molecule has 0 aliphatic rings. The Morgan fingerprint density at radius 3 is 2.62 bits per heavy atom. The zero-order valence-electron chi connectivity index (χ0n) is 13.7. The number of benzene rings is 2. The van der Waals surface area contributed by atoms with Crippen LogP contribution >= 0.6 is 11.3 Å². The van der Waals surface area contributed by atoms with Gasteiger partial charge in [-0.15, -0.1) is 0 Å². The zero-order valence-corrected chi connectivity index (χ0v) is 14.5. The summed E-state index contributed by atoms with van der Waals surface area (Å²) in [4.78, 5) is 17.4. The van der Waals surface area contributed by atoms with Gasteiger partial charge in [-0.2, -0.15) is 0 Å². The molecule has 0 saturated heterocycles. The minimum atomic E-state index is -0.0980. The molecule has 0 radical (unpaired) electrons. The Hall–Kier alpha value is -2.66. The van der Waals surface area contributed by atoms with Gasteiger partial charge >= 0.3 is 0 Å². The van der Waals surface area contributed by atoms with Crippen LogP contribution in [0.4, 0.5) is 16.6 Å². The van der Waals surface area contributed by atoms with Crippen molar-refractivity contribution in [1.82, 2.24) is 4.98 Å². The first-order valence-corrected chi connectivity index (χ1v) is 8.63. The molecule has 2 aromatic carbocycles. The molecule has 3 aromatic rings. The quantitative estimate of drug-likeness (QED) is 0.669. The van der Waals surface area contributed by atoms with Crippen LogP contribution in [0.15, 0.2) is 48.5 Å². The molecule has 0 fully saturated rings. The molecule has 4 nitrogen and oxygen atoms in total. The average Bonchev–Trinajstić information content (AvgIpc) is 2.97. The summed E-state index contributed by atoms with van der Waals surface area (Å²) < 4.78 is 0. The summed E-state index contributed by atoms with van der Waals surface area (Å²) in [5, 5.41) is 3.97. The minimum absolute atomic E-state index is 0.0980. The predicted molar refractivity (Wildman–Crippen MR) is 100 cm³/mol. The number of rotatable bonds is 5. The highest BCUT2D eigenvalue weighted by Gasteiger charge is 2.18.